The summed E-state index contributed by atoms with van der Waals surface area (Å²) in [6.45, 7) is 2.01. The lowest BCUT2D eigenvalue weighted by Crippen LogP contribution is -1.84. The van der Waals surface area contributed by atoms with Gasteiger partial charge in [0.2, 0.25) is 0 Å². The Morgan fingerprint density at radius 1 is 1.05 bits per heavy atom. The highest BCUT2D eigenvalue weighted by atomic mass is 14.7. The Hall–Kier alpha value is -2.68. The van der Waals surface area contributed by atoms with Crippen LogP contribution >= 0.6 is 0 Å². The minimum absolute atomic E-state index is 1.04. The SMILES string of the molecule is Cc1ccc2cc(-c3c[nH]c4cnccc34)ccc2n1. The third-order valence-electron chi connectivity index (χ3n) is 3.62. The van der Waals surface area contributed by atoms with Crippen molar-refractivity contribution in [3.8, 4) is 11.1 Å². The lowest BCUT2D eigenvalue weighted by Gasteiger charge is -2.03. The van der Waals surface area contributed by atoms with Crippen LogP contribution < -0.4 is 0 Å². The Balaban J connectivity index is 1.96. The molecule has 0 amide bonds. The molecular formula is C17H13N3. The predicted octanol–water partition coefficient (Wildman–Crippen LogP) is 4.09. The third kappa shape index (κ3) is 1.67. The van der Waals surface area contributed by atoms with E-state index in [0.717, 1.165) is 22.1 Å². The molecule has 0 aliphatic heterocycles. The molecule has 0 saturated carbocycles. The van der Waals surface area contributed by atoms with E-state index in [2.05, 4.69) is 39.2 Å². The minimum Gasteiger partial charge on any atom is -0.359 e. The number of aryl methyl sites for hydroxylation is 1. The number of benzene rings is 1. The van der Waals surface area contributed by atoms with Crippen molar-refractivity contribution >= 4 is 21.8 Å². The highest BCUT2D eigenvalue weighted by Crippen LogP contribution is 2.29. The van der Waals surface area contributed by atoms with Crippen LogP contribution in [0.25, 0.3) is 32.9 Å². The van der Waals surface area contributed by atoms with Crippen molar-refractivity contribution in [2.75, 3.05) is 0 Å². The first kappa shape index (κ1) is 11.2. The van der Waals surface area contributed by atoms with Gasteiger partial charge in [0.05, 0.1) is 17.2 Å². The van der Waals surface area contributed by atoms with Crippen LogP contribution in [-0.2, 0) is 0 Å². The molecule has 1 N–H and O–H groups in total. The van der Waals surface area contributed by atoms with Gasteiger partial charge in [0.1, 0.15) is 0 Å². The molecule has 1 aromatic carbocycles. The van der Waals surface area contributed by atoms with Crippen molar-refractivity contribution in [1.82, 2.24) is 15.0 Å². The number of nitrogens with one attached hydrogen (secondary N) is 1. The Morgan fingerprint density at radius 3 is 2.95 bits per heavy atom. The molecular weight excluding hydrogens is 246 g/mol. The summed E-state index contributed by atoms with van der Waals surface area (Å²) in [7, 11) is 0. The monoisotopic (exact) mass is 259 g/mol. The first-order valence-electron chi connectivity index (χ1n) is 6.60. The van der Waals surface area contributed by atoms with Crippen LogP contribution in [0.2, 0.25) is 0 Å². The summed E-state index contributed by atoms with van der Waals surface area (Å²) in [5.41, 5.74) is 5.54. The van der Waals surface area contributed by atoms with E-state index >= 15 is 0 Å². The second-order valence-electron chi connectivity index (χ2n) is 4.98. The molecule has 96 valence electrons. The Labute approximate surface area is 116 Å². The first-order valence-corrected chi connectivity index (χ1v) is 6.60. The number of aromatic amines is 1. The van der Waals surface area contributed by atoms with Gasteiger partial charge in [0.15, 0.2) is 0 Å². The molecule has 20 heavy (non-hydrogen) atoms. The molecule has 0 fully saturated rings. The Morgan fingerprint density at radius 2 is 2.00 bits per heavy atom. The van der Waals surface area contributed by atoms with Crippen molar-refractivity contribution in [2.24, 2.45) is 0 Å². The lowest BCUT2D eigenvalue weighted by molar-refractivity contribution is 1.26. The molecule has 3 heteroatoms. The van der Waals surface area contributed by atoms with Crippen molar-refractivity contribution in [3.05, 3.63) is 60.7 Å². The van der Waals surface area contributed by atoms with Gasteiger partial charge in [0, 0.05) is 34.4 Å². The molecule has 0 aliphatic carbocycles. The molecule has 3 nitrogen and oxygen atoms in total. The Kier molecular flexibility index (Phi) is 2.33. The topological polar surface area (TPSA) is 41.6 Å². The molecule has 0 radical (unpaired) electrons. The molecule has 0 atom stereocenters. The molecule has 0 bridgehead atoms. The van der Waals surface area contributed by atoms with Gasteiger partial charge in [0.25, 0.3) is 0 Å². The van der Waals surface area contributed by atoms with E-state index in [1.54, 1.807) is 0 Å². The van der Waals surface area contributed by atoms with Gasteiger partial charge < -0.3 is 4.98 Å². The average Bonchev–Trinajstić information content (AvgIpc) is 2.91. The zero-order chi connectivity index (χ0) is 13.5. The van der Waals surface area contributed by atoms with E-state index in [1.165, 1.54) is 16.5 Å². The van der Waals surface area contributed by atoms with Crippen LogP contribution in [0.15, 0.2) is 55.0 Å². The molecule has 0 aliphatic rings. The van der Waals surface area contributed by atoms with Crippen LogP contribution in [0.4, 0.5) is 0 Å². The zero-order valence-corrected chi connectivity index (χ0v) is 11.1. The summed E-state index contributed by atoms with van der Waals surface area (Å²) in [6, 6.07) is 12.6. The number of rotatable bonds is 1. The fourth-order valence-electron chi connectivity index (χ4n) is 2.61. The van der Waals surface area contributed by atoms with Gasteiger partial charge in [-0.25, -0.2) is 0 Å². The standard InChI is InChI=1S/C17H13N3/c1-11-2-3-13-8-12(4-5-16(13)20-11)15-9-19-17-10-18-7-6-14(15)17/h2-10,19H,1H3. The van der Waals surface area contributed by atoms with E-state index in [-0.39, 0.29) is 0 Å². The van der Waals surface area contributed by atoms with Gasteiger partial charge in [-0.1, -0.05) is 12.1 Å². The summed E-state index contributed by atoms with van der Waals surface area (Å²) < 4.78 is 0. The summed E-state index contributed by atoms with van der Waals surface area (Å²) in [5.74, 6) is 0. The van der Waals surface area contributed by atoms with E-state index < -0.39 is 0 Å². The number of fused-ring (bicyclic) bond motifs is 2. The number of hydrogen-bond acceptors (Lipinski definition) is 2. The molecule has 3 aromatic heterocycles. The maximum atomic E-state index is 4.54. The third-order valence-corrected chi connectivity index (χ3v) is 3.62. The van der Waals surface area contributed by atoms with E-state index in [4.69, 9.17) is 0 Å². The van der Waals surface area contributed by atoms with Gasteiger partial charge in [-0.3, -0.25) is 9.97 Å². The van der Waals surface area contributed by atoms with Crippen molar-refractivity contribution < 1.29 is 0 Å². The minimum atomic E-state index is 1.04. The second-order valence-corrected chi connectivity index (χ2v) is 4.98. The van der Waals surface area contributed by atoms with Crippen LogP contribution in [0.3, 0.4) is 0 Å². The van der Waals surface area contributed by atoms with Crippen LogP contribution in [0.1, 0.15) is 5.69 Å². The molecule has 4 rings (SSSR count). The quantitative estimate of drug-likeness (QED) is 0.559. The van der Waals surface area contributed by atoms with Crippen LogP contribution in [0, 0.1) is 6.92 Å². The highest BCUT2D eigenvalue weighted by molar-refractivity contribution is 5.97. The molecule has 0 saturated heterocycles. The number of aromatic nitrogens is 3. The largest absolute Gasteiger partial charge is 0.359 e. The smallest absolute Gasteiger partial charge is 0.0705 e. The van der Waals surface area contributed by atoms with Gasteiger partial charge >= 0.3 is 0 Å². The summed E-state index contributed by atoms with van der Waals surface area (Å²) in [6.07, 6.45) is 5.71. The van der Waals surface area contributed by atoms with Crippen molar-refractivity contribution in [2.45, 2.75) is 6.92 Å². The fourth-order valence-corrected chi connectivity index (χ4v) is 2.61. The summed E-state index contributed by atoms with van der Waals surface area (Å²) in [5, 5.41) is 2.36. The van der Waals surface area contributed by atoms with Crippen molar-refractivity contribution in [1.29, 1.82) is 0 Å². The number of hydrogen-bond donors (Lipinski definition) is 1. The summed E-state index contributed by atoms with van der Waals surface area (Å²) in [4.78, 5) is 11.9. The molecule has 0 unspecified atom stereocenters. The molecule has 0 spiro atoms. The average molecular weight is 259 g/mol. The van der Waals surface area contributed by atoms with E-state index in [1.807, 2.05) is 37.6 Å². The number of pyridine rings is 2. The van der Waals surface area contributed by atoms with Crippen LogP contribution in [0.5, 0.6) is 0 Å². The maximum Gasteiger partial charge on any atom is 0.0705 e. The zero-order valence-electron chi connectivity index (χ0n) is 11.1. The summed E-state index contributed by atoms with van der Waals surface area (Å²) >= 11 is 0. The fraction of sp³-hybridized carbons (Fsp3) is 0.0588. The first-order chi connectivity index (χ1) is 9.81. The molecule has 4 aromatic rings. The van der Waals surface area contributed by atoms with Gasteiger partial charge in [-0.2, -0.15) is 0 Å². The van der Waals surface area contributed by atoms with E-state index in [0.29, 0.717) is 0 Å². The normalized spacial score (nSPS) is 11.2. The van der Waals surface area contributed by atoms with E-state index in [9.17, 15) is 0 Å². The van der Waals surface area contributed by atoms with Gasteiger partial charge in [-0.05, 0) is 36.8 Å². The van der Waals surface area contributed by atoms with Crippen molar-refractivity contribution in [3.63, 3.8) is 0 Å². The second kappa shape index (κ2) is 4.17. The number of nitrogens with zero attached hydrogens (tertiary/aromatic N) is 2. The maximum absolute atomic E-state index is 4.54. The number of H-pyrrole nitrogens is 1. The Bertz CT molecular complexity index is 922. The molecule has 3 heterocycles. The predicted molar refractivity (Wildman–Crippen MR) is 81.6 cm³/mol. The highest BCUT2D eigenvalue weighted by Gasteiger charge is 2.06. The van der Waals surface area contributed by atoms with Crippen LogP contribution in [-0.4, -0.2) is 15.0 Å². The van der Waals surface area contributed by atoms with Gasteiger partial charge in [-0.15, -0.1) is 0 Å². The lowest BCUT2D eigenvalue weighted by atomic mass is 10.0.